The third-order valence-corrected chi connectivity index (χ3v) is 6.33. The largest absolute Gasteiger partial charge is 0.444 e. The van der Waals surface area contributed by atoms with E-state index in [4.69, 9.17) is 9.47 Å². The van der Waals surface area contributed by atoms with Crippen molar-refractivity contribution in [3.8, 4) is 0 Å². The van der Waals surface area contributed by atoms with Gasteiger partial charge in [-0.2, -0.15) is 5.10 Å². The van der Waals surface area contributed by atoms with E-state index in [1.165, 1.54) is 0 Å². The average molecular weight is 597 g/mol. The van der Waals surface area contributed by atoms with Crippen molar-refractivity contribution in [3.63, 3.8) is 0 Å². The van der Waals surface area contributed by atoms with E-state index in [1.54, 1.807) is 59.5 Å². The molecule has 0 aliphatic heterocycles. The minimum Gasteiger partial charge on any atom is -0.444 e. The fourth-order valence-corrected chi connectivity index (χ4v) is 4.63. The maximum Gasteiger partial charge on any atom is 0.437 e. The van der Waals surface area contributed by atoms with E-state index in [2.05, 4.69) is 62.4 Å². The minimum absolute atomic E-state index is 0.186. The van der Waals surface area contributed by atoms with Gasteiger partial charge in [-0.3, -0.25) is 10.00 Å². The van der Waals surface area contributed by atoms with Crippen molar-refractivity contribution in [1.29, 1.82) is 0 Å². The van der Waals surface area contributed by atoms with Crippen LogP contribution in [0.2, 0.25) is 0 Å². The van der Waals surface area contributed by atoms with Crippen LogP contribution >= 0.6 is 0 Å². The number of aromatic nitrogens is 2. The number of nitrogens with zero attached hydrogens (tertiary/aromatic N) is 3. The highest BCUT2D eigenvalue weighted by molar-refractivity contribution is 6.07. The van der Waals surface area contributed by atoms with E-state index in [1.807, 2.05) is 54.6 Å². The standard InChI is InChI=1S/C34H40N6O4/c1-32(2,3)43-30(41)37-29(38-31(42)44-33(4,5)6)36-27-23-35-40(7)28(27)39-34(24-17-11-8-12-18-24,25-19-13-9-14-20-25)26-21-15-10-16-22-26/h8-23,39H,1-7H3,(H2,36,37,38,41,42). The van der Waals surface area contributed by atoms with E-state index >= 15 is 0 Å². The predicted octanol–water partition coefficient (Wildman–Crippen LogP) is 7.05. The van der Waals surface area contributed by atoms with Crippen molar-refractivity contribution in [2.75, 3.05) is 10.6 Å². The summed E-state index contributed by atoms with van der Waals surface area (Å²) in [4.78, 5) is 29.5. The number of hydrogen-bond acceptors (Lipinski definition) is 6. The maximum absolute atomic E-state index is 12.8. The lowest BCUT2D eigenvalue weighted by Gasteiger charge is -2.38. The van der Waals surface area contributed by atoms with E-state index in [-0.39, 0.29) is 5.96 Å². The first-order chi connectivity index (χ1) is 20.8. The number of benzene rings is 3. The van der Waals surface area contributed by atoms with Crippen LogP contribution in [0.5, 0.6) is 0 Å². The van der Waals surface area contributed by atoms with Crippen molar-refractivity contribution in [1.82, 2.24) is 15.1 Å². The molecule has 2 amide bonds. The van der Waals surface area contributed by atoms with Crippen molar-refractivity contribution in [2.24, 2.45) is 12.0 Å². The Bertz CT molecular complexity index is 1490. The van der Waals surface area contributed by atoms with Gasteiger partial charge in [0.05, 0.1) is 6.20 Å². The van der Waals surface area contributed by atoms with E-state index < -0.39 is 28.9 Å². The molecule has 0 unspecified atom stereocenters. The molecule has 0 fully saturated rings. The smallest absolute Gasteiger partial charge is 0.437 e. The van der Waals surface area contributed by atoms with Crippen LogP contribution in [-0.4, -0.2) is 39.1 Å². The van der Waals surface area contributed by atoms with Gasteiger partial charge in [0.1, 0.15) is 28.2 Å². The monoisotopic (exact) mass is 596 g/mol. The van der Waals surface area contributed by atoms with E-state index in [0.29, 0.717) is 11.5 Å². The SMILES string of the molecule is Cn1ncc(NC(=NC(=O)OC(C)(C)C)NC(=O)OC(C)(C)C)c1NC(c1ccccc1)(c1ccccc1)c1ccccc1. The second-order valence-corrected chi connectivity index (χ2v) is 12.2. The van der Waals surface area contributed by atoms with Gasteiger partial charge in [0.15, 0.2) is 0 Å². The molecule has 0 aliphatic rings. The van der Waals surface area contributed by atoms with Gasteiger partial charge >= 0.3 is 12.2 Å². The zero-order valence-electron chi connectivity index (χ0n) is 26.2. The van der Waals surface area contributed by atoms with Crippen LogP contribution < -0.4 is 16.0 Å². The molecule has 1 heterocycles. The third-order valence-electron chi connectivity index (χ3n) is 6.33. The zero-order valence-corrected chi connectivity index (χ0v) is 26.2. The topological polar surface area (TPSA) is 119 Å². The molecule has 0 bridgehead atoms. The summed E-state index contributed by atoms with van der Waals surface area (Å²) in [6.07, 6.45) is -0.102. The van der Waals surface area contributed by atoms with Crippen LogP contribution in [0.4, 0.5) is 21.1 Å². The highest BCUT2D eigenvalue weighted by atomic mass is 16.6. The number of alkyl carbamates (subject to hydrolysis) is 1. The molecular weight excluding hydrogens is 556 g/mol. The Morgan fingerprint density at radius 3 is 1.61 bits per heavy atom. The summed E-state index contributed by atoms with van der Waals surface area (Å²) in [5, 5.41) is 13.9. The van der Waals surface area contributed by atoms with Crippen LogP contribution in [0, 0.1) is 0 Å². The Hall–Kier alpha value is -5.12. The number of nitrogens with one attached hydrogen (secondary N) is 3. The summed E-state index contributed by atoms with van der Waals surface area (Å²) >= 11 is 0. The van der Waals surface area contributed by atoms with Gasteiger partial charge in [0.25, 0.3) is 0 Å². The molecule has 0 saturated heterocycles. The molecule has 0 saturated carbocycles. The fourth-order valence-electron chi connectivity index (χ4n) is 4.63. The molecule has 0 radical (unpaired) electrons. The number of ether oxygens (including phenoxy) is 2. The van der Waals surface area contributed by atoms with Crippen LogP contribution in [0.25, 0.3) is 0 Å². The lowest BCUT2D eigenvalue weighted by Crippen LogP contribution is -2.41. The molecule has 0 spiro atoms. The number of carbonyl (C=O) groups is 2. The minimum atomic E-state index is -0.887. The molecule has 230 valence electrons. The number of anilines is 2. The third kappa shape index (κ3) is 8.03. The van der Waals surface area contributed by atoms with Gasteiger partial charge in [-0.15, -0.1) is 4.99 Å². The molecule has 0 aliphatic carbocycles. The molecule has 3 N–H and O–H groups in total. The Kier molecular flexibility index (Phi) is 9.42. The van der Waals surface area contributed by atoms with Crippen LogP contribution in [-0.2, 0) is 22.1 Å². The first kappa shape index (κ1) is 31.8. The van der Waals surface area contributed by atoms with Crippen LogP contribution in [0.15, 0.2) is 102 Å². The van der Waals surface area contributed by atoms with Crippen molar-refractivity contribution >= 4 is 29.7 Å². The highest BCUT2D eigenvalue weighted by Crippen LogP contribution is 2.41. The molecule has 4 aromatic rings. The molecule has 4 rings (SSSR count). The predicted molar refractivity (Wildman–Crippen MR) is 173 cm³/mol. The fraction of sp³-hybridized carbons (Fsp3) is 0.294. The van der Waals surface area contributed by atoms with Gasteiger partial charge in [-0.05, 0) is 58.2 Å². The number of aliphatic imine (C=N–C) groups is 1. The average Bonchev–Trinajstić information content (AvgIpc) is 3.28. The van der Waals surface area contributed by atoms with E-state index in [0.717, 1.165) is 16.7 Å². The molecule has 10 heteroatoms. The molecule has 1 aromatic heterocycles. The van der Waals surface area contributed by atoms with E-state index in [9.17, 15) is 9.59 Å². The van der Waals surface area contributed by atoms with Gasteiger partial charge < -0.3 is 20.1 Å². The highest BCUT2D eigenvalue weighted by Gasteiger charge is 2.38. The Morgan fingerprint density at radius 2 is 1.18 bits per heavy atom. The van der Waals surface area contributed by atoms with Crippen LogP contribution in [0.3, 0.4) is 0 Å². The lowest BCUT2D eigenvalue weighted by molar-refractivity contribution is 0.0562. The summed E-state index contributed by atoms with van der Waals surface area (Å²) in [7, 11) is 1.80. The number of guanidine groups is 1. The number of aryl methyl sites for hydroxylation is 1. The van der Waals surface area contributed by atoms with Crippen molar-refractivity contribution in [2.45, 2.75) is 58.3 Å². The zero-order chi connectivity index (χ0) is 32.0. The number of amides is 2. The summed E-state index contributed by atoms with van der Waals surface area (Å²) in [5.74, 6) is 0.374. The molecule has 3 aromatic carbocycles. The quantitative estimate of drug-likeness (QED) is 0.124. The molecular formula is C34H40N6O4. The normalized spacial score (nSPS) is 12.3. The maximum atomic E-state index is 12.8. The lowest BCUT2D eigenvalue weighted by atomic mass is 9.77. The van der Waals surface area contributed by atoms with Crippen molar-refractivity contribution in [3.05, 3.63) is 114 Å². The van der Waals surface area contributed by atoms with Gasteiger partial charge in [-0.25, -0.2) is 9.59 Å². The Morgan fingerprint density at radius 1 is 0.727 bits per heavy atom. The summed E-state index contributed by atoms with van der Waals surface area (Å²) in [5.41, 5.74) is 0.965. The first-order valence-electron chi connectivity index (χ1n) is 14.3. The summed E-state index contributed by atoms with van der Waals surface area (Å²) in [6.45, 7) is 10.4. The number of rotatable bonds is 6. The molecule has 10 nitrogen and oxygen atoms in total. The van der Waals surface area contributed by atoms with Gasteiger partial charge in [0, 0.05) is 7.05 Å². The number of carbonyl (C=O) groups excluding carboxylic acids is 2. The summed E-state index contributed by atoms with van der Waals surface area (Å²) < 4.78 is 12.5. The number of hydrogen-bond donors (Lipinski definition) is 3. The van der Waals surface area contributed by atoms with Gasteiger partial charge in [-0.1, -0.05) is 91.0 Å². The molecule has 44 heavy (non-hydrogen) atoms. The Labute approximate surface area is 258 Å². The van der Waals surface area contributed by atoms with Crippen LogP contribution in [0.1, 0.15) is 58.2 Å². The second kappa shape index (κ2) is 13.0. The first-order valence-corrected chi connectivity index (χ1v) is 14.3. The second-order valence-electron chi connectivity index (χ2n) is 12.2. The van der Waals surface area contributed by atoms with Crippen molar-refractivity contribution < 1.29 is 19.1 Å². The summed E-state index contributed by atoms with van der Waals surface area (Å²) in [6, 6.07) is 30.3. The van der Waals surface area contributed by atoms with Gasteiger partial charge in [0.2, 0.25) is 5.96 Å². The Balaban J connectivity index is 1.82. The molecule has 0 atom stereocenters.